The average Bonchev–Trinajstić information content (AvgIpc) is 1.68. The summed E-state index contributed by atoms with van der Waals surface area (Å²) in [6, 6.07) is 0. The summed E-state index contributed by atoms with van der Waals surface area (Å²) in [5, 5.41) is 0. The molecule has 7 heavy (non-hydrogen) atoms. The van der Waals surface area contributed by atoms with Gasteiger partial charge in [0.2, 0.25) is 0 Å². The lowest BCUT2D eigenvalue weighted by atomic mass is 10.4. The van der Waals surface area contributed by atoms with E-state index in [1.165, 1.54) is 0 Å². The SMILES string of the molecule is C#C/C=C(/Br)CC. The maximum atomic E-state index is 4.95. The van der Waals surface area contributed by atoms with E-state index in [1.54, 1.807) is 6.08 Å². The molecule has 0 aromatic carbocycles. The normalized spacial score (nSPS) is 10.7. The van der Waals surface area contributed by atoms with Crippen LogP contribution in [0.25, 0.3) is 0 Å². The van der Waals surface area contributed by atoms with Gasteiger partial charge in [-0.15, -0.1) is 6.42 Å². The van der Waals surface area contributed by atoms with Gasteiger partial charge in [0.1, 0.15) is 0 Å². The smallest absolute Gasteiger partial charge is 0.00312 e. The van der Waals surface area contributed by atoms with E-state index >= 15 is 0 Å². The molecule has 0 heterocycles. The highest BCUT2D eigenvalue weighted by Gasteiger charge is 1.78. The molecule has 0 N–H and O–H groups in total. The highest BCUT2D eigenvalue weighted by Crippen LogP contribution is 2.06. The van der Waals surface area contributed by atoms with Gasteiger partial charge < -0.3 is 0 Å². The van der Waals surface area contributed by atoms with E-state index in [0.717, 1.165) is 10.9 Å². The van der Waals surface area contributed by atoms with Crippen molar-refractivity contribution in [1.29, 1.82) is 0 Å². The summed E-state index contributed by atoms with van der Waals surface area (Å²) in [7, 11) is 0. The summed E-state index contributed by atoms with van der Waals surface area (Å²) in [6.07, 6.45) is 7.63. The van der Waals surface area contributed by atoms with Crippen molar-refractivity contribution >= 4 is 15.9 Å². The van der Waals surface area contributed by atoms with Crippen molar-refractivity contribution in [2.45, 2.75) is 13.3 Å². The molecule has 0 nitrogen and oxygen atoms in total. The van der Waals surface area contributed by atoms with Gasteiger partial charge in [-0.1, -0.05) is 28.8 Å². The molecule has 0 aromatic rings. The Morgan fingerprint density at radius 3 is 2.71 bits per heavy atom. The lowest BCUT2D eigenvalue weighted by Crippen LogP contribution is -1.60. The fourth-order valence-electron chi connectivity index (χ4n) is 0.192. The number of allylic oxidation sites excluding steroid dienone is 2. The van der Waals surface area contributed by atoms with E-state index in [9.17, 15) is 0 Å². The van der Waals surface area contributed by atoms with Crippen molar-refractivity contribution in [3.63, 3.8) is 0 Å². The van der Waals surface area contributed by atoms with Crippen LogP contribution < -0.4 is 0 Å². The Morgan fingerprint density at radius 1 is 2.00 bits per heavy atom. The first-order chi connectivity index (χ1) is 3.31. The number of terminal acetylenes is 1. The van der Waals surface area contributed by atoms with Crippen LogP contribution in [-0.4, -0.2) is 0 Å². The van der Waals surface area contributed by atoms with Gasteiger partial charge in [-0.05, 0) is 12.5 Å². The monoisotopic (exact) mass is 158 g/mol. The molecule has 38 valence electrons. The molecular weight excluding hydrogens is 152 g/mol. The van der Waals surface area contributed by atoms with Crippen LogP contribution in [0.15, 0.2) is 10.6 Å². The van der Waals surface area contributed by atoms with E-state index < -0.39 is 0 Å². The minimum atomic E-state index is 0.976. The van der Waals surface area contributed by atoms with E-state index in [4.69, 9.17) is 6.42 Å². The zero-order valence-electron chi connectivity index (χ0n) is 4.24. The first kappa shape index (κ1) is 6.78. The number of hydrogen-bond acceptors (Lipinski definition) is 0. The Hall–Kier alpha value is -0.220. The Kier molecular flexibility index (Phi) is 3.83. The van der Waals surface area contributed by atoms with E-state index in [2.05, 4.69) is 21.9 Å². The summed E-state index contributed by atoms with van der Waals surface area (Å²) in [4.78, 5) is 0. The molecule has 0 radical (unpaired) electrons. The molecule has 0 aliphatic heterocycles. The quantitative estimate of drug-likeness (QED) is 0.515. The van der Waals surface area contributed by atoms with Crippen LogP contribution in [0.4, 0.5) is 0 Å². The highest BCUT2D eigenvalue weighted by atomic mass is 79.9. The largest absolute Gasteiger partial charge is 0.115 e. The van der Waals surface area contributed by atoms with Crippen LogP contribution in [-0.2, 0) is 0 Å². The Morgan fingerprint density at radius 2 is 2.57 bits per heavy atom. The molecule has 0 aliphatic rings. The van der Waals surface area contributed by atoms with Gasteiger partial charge in [-0.2, -0.15) is 0 Å². The molecule has 0 fully saturated rings. The second kappa shape index (κ2) is 3.95. The van der Waals surface area contributed by atoms with Crippen molar-refractivity contribution in [1.82, 2.24) is 0 Å². The van der Waals surface area contributed by atoms with E-state index in [0.29, 0.717) is 0 Å². The second-order valence-corrected chi connectivity index (χ2v) is 2.13. The number of rotatable bonds is 1. The molecule has 0 unspecified atom stereocenters. The standard InChI is InChI=1S/C6H7Br/c1-3-5-6(7)4-2/h1,5H,4H2,2H3/b6-5+. The minimum Gasteiger partial charge on any atom is -0.115 e. The first-order valence-electron chi connectivity index (χ1n) is 2.12. The van der Waals surface area contributed by atoms with E-state index in [-0.39, 0.29) is 0 Å². The van der Waals surface area contributed by atoms with Crippen molar-refractivity contribution in [2.24, 2.45) is 0 Å². The Labute approximate surface area is 52.7 Å². The van der Waals surface area contributed by atoms with Crippen LogP contribution in [0.3, 0.4) is 0 Å². The molecule has 0 aliphatic carbocycles. The molecule has 0 spiro atoms. The minimum absolute atomic E-state index is 0.976. The molecule has 0 amide bonds. The zero-order valence-corrected chi connectivity index (χ0v) is 5.83. The number of halogens is 1. The van der Waals surface area contributed by atoms with Crippen LogP contribution in [0.2, 0.25) is 0 Å². The van der Waals surface area contributed by atoms with Crippen LogP contribution in [0.1, 0.15) is 13.3 Å². The molecule has 0 saturated carbocycles. The molecular formula is C6H7Br. The molecule has 0 bridgehead atoms. The Balaban J connectivity index is 3.56. The fourth-order valence-corrected chi connectivity index (χ4v) is 0.325. The van der Waals surface area contributed by atoms with E-state index in [1.807, 2.05) is 6.92 Å². The van der Waals surface area contributed by atoms with Crippen molar-refractivity contribution < 1.29 is 0 Å². The summed E-state index contributed by atoms with van der Waals surface area (Å²) >= 11 is 3.26. The van der Waals surface area contributed by atoms with Crippen molar-refractivity contribution in [3.05, 3.63) is 10.6 Å². The predicted molar refractivity (Wildman–Crippen MR) is 36.1 cm³/mol. The summed E-state index contributed by atoms with van der Waals surface area (Å²) < 4.78 is 1.08. The van der Waals surface area contributed by atoms with Crippen LogP contribution >= 0.6 is 15.9 Å². The topological polar surface area (TPSA) is 0 Å². The van der Waals surface area contributed by atoms with Crippen LogP contribution in [0, 0.1) is 12.3 Å². The third kappa shape index (κ3) is 3.61. The lowest BCUT2D eigenvalue weighted by molar-refractivity contribution is 1.21. The fraction of sp³-hybridized carbons (Fsp3) is 0.333. The third-order valence-electron chi connectivity index (χ3n) is 0.578. The average molecular weight is 159 g/mol. The molecule has 0 atom stereocenters. The third-order valence-corrected chi connectivity index (χ3v) is 1.37. The maximum absolute atomic E-state index is 4.95. The maximum Gasteiger partial charge on any atom is 0.00312 e. The zero-order chi connectivity index (χ0) is 5.70. The number of hydrogen-bond donors (Lipinski definition) is 0. The van der Waals surface area contributed by atoms with Gasteiger partial charge in [0, 0.05) is 4.48 Å². The summed E-state index contributed by atoms with van der Waals surface area (Å²) in [6.45, 7) is 2.04. The molecule has 1 heteroatoms. The van der Waals surface area contributed by atoms with Gasteiger partial charge in [-0.25, -0.2) is 0 Å². The highest BCUT2D eigenvalue weighted by molar-refractivity contribution is 9.11. The van der Waals surface area contributed by atoms with Gasteiger partial charge in [-0.3, -0.25) is 0 Å². The first-order valence-corrected chi connectivity index (χ1v) is 2.91. The van der Waals surface area contributed by atoms with Crippen molar-refractivity contribution in [3.8, 4) is 12.3 Å². The molecule has 0 aromatic heterocycles. The van der Waals surface area contributed by atoms with Gasteiger partial charge in [0.25, 0.3) is 0 Å². The Bertz CT molecular complexity index is 106. The predicted octanol–water partition coefficient (Wildman–Crippen LogP) is 2.31. The molecule has 0 saturated heterocycles. The molecule has 0 rings (SSSR count). The lowest BCUT2D eigenvalue weighted by Gasteiger charge is -1.81. The summed E-state index contributed by atoms with van der Waals surface area (Å²) in [5.41, 5.74) is 0. The van der Waals surface area contributed by atoms with Gasteiger partial charge in [0.15, 0.2) is 0 Å². The second-order valence-electron chi connectivity index (χ2n) is 1.11. The van der Waals surface area contributed by atoms with Gasteiger partial charge in [0.05, 0.1) is 0 Å². The van der Waals surface area contributed by atoms with Gasteiger partial charge >= 0.3 is 0 Å². The summed E-state index contributed by atoms with van der Waals surface area (Å²) in [5.74, 6) is 2.41. The van der Waals surface area contributed by atoms with Crippen LogP contribution in [0.5, 0.6) is 0 Å². The van der Waals surface area contributed by atoms with Crippen molar-refractivity contribution in [2.75, 3.05) is 0 Å².